The molecule has 22 heavy (non-hydrogen) atoms. The Balaban J connectivity index is 2.19. The molecule has 0 heterocycles. The molecule has 0 aromatic heterocycles. The summed E-state index contributed by atoms with van der Waals surface area (Å²) in [4.78, 5) is 24.6. The number of methoxy groups -OCH3 is 2. The van der Waals surface area contributed by atoms with Crippen molar-refractivity contribution in [1.82, 2.24) is 0 Å². The number of carbonyl (C=O) groups excluding carboxylic acids is 2. The van der Waals surface area contributed by atoms with Crippen molar-refractivity contribution in [2.45, 2.75) is 30.5 Å². The predicted molar refractivity (Wildman–Crippen MR) is 85.1 cm³/mol. The Morgan fingerprint density at radius 2 is 1.64 bits per heavy atom. The van der Waals surface area contributed by atoms with Gasteiger partial charge in [-0.2, -0.15) is 0 Å². The maximum atomic E-state index is 12.1. The van der Waals surface area contributed by atoms with Crippen LogP contribution in [-0.2, 0) is 19.1 Å². The number of hydrogen-bond donors (Lipinski definition) is 0. The van der Waals surface area contributed by atoms with Crippen LogP contribution in [0, 0.1) is 11.8 Å². The molecule has 0 saturated heterocycles. The number of hydrogen-bond acceptors (Lipinski definition) is 4. The molecule has 0 radical (unpaired) electrons. The Labute approximate surface area is 137 Å². The minimum absolute atomic E-state index is 0.0221. The Kier molecular flexibility index (Phi) is 6.47. The summed E-state index contributed by atoms with van der Waals surface area (Å²) >= 11 is 0.243. The molecule has 4 nitrogen and oxygen atoms in total. The molecule has 2 rings (SSSR count). The Bertz CT molecular complexity index is 487. The molecular formula is C17H22O4Se. The molecule has 0 spiro atoms. The molecule has 0 amide bonds. The number of benzene rings is 1. The quantitative estimate of drug-likeness (QED) is 0.452. The van der Waals surface area contributed by atoms with E-state index in [1.807, 2.05) is 18.2 Å². The van der Waals surface area contributed by atoms with Crippen LogP contribution in [0.4, 0.5) is 0 Å². The first-order valence-corrected chi connectivity index (χ1v) is 9.39. The summed E-state index contributed by atoms with van der Waals surface area (Å²) in [6, 6.07) is 10.3. The van der Waals surface area contributed by atoms with Gasteiger partial charge in [-0.15, -0.1) is 0 Å². The van der Waals surface area contributed by atoms with Crippen molar-refractivity contribution in [1.29, 1.82) is 0 Å². The summed E-state index contributed by atoms with van der Waals surface area (Å²) in [5.74, 6) is -1.69. The van der Waals surface area contributed by atoms with Gasteiger partial charge in [-0.25, -0.2) is 0 Å². The molecule has 1 fully saturated rings. The molecular weight excluding hydrogens is 347 g/mol. The van der Waals surface area contributed by atoms with Gasteiger partial charge in [0.1, 0.15) is 0 Å². The topological polar surface area (TPSA) is 52.6 Å². The molecule has 120 valence electrons. The van der Waals surface area contributed by atoms with Crippen LogP contribution in [0.25, 0.3) is 0 Å². The van der Waals surface area contributed by atoms with Crippen molar-refractivity contribution in [3.63, 3.8) is 0 Å². The first kappa shape index (κ1) is 17.0. The van der Waals surface area contributed by atoms with Gasteiger partial charge in [0, 0.05) is 0 Å². The fraction of sp³-hybridized carbons (Fsp3) is 0.529. The first-order valence-electron chi connectivity index (χ1n) is 7.54. The van der Waals surface area contributed by atoms with E-state index in [0.717, 1.165) is 25.7 Å². The van der Waals surface area contributed by atoms with Crippen molar-refractivity contribution in [2.75, 3.05) is 14.2 Å². The molecule has 0 aliphatic heterocycles. The first-order chi connectivity index (χ1) is 10.7. The molecule has 2 atom stereocenters. The van der Waals surface area contributed by atoms with E-state index in [9.17, 15) is 9.59 Å². The van der Waals surface area contributed by atoms with Gasteiger partial charge in [-0.1, -0.05) is 0 Å². The summed E-state index contributed by atoms with van der Waals surface area (Å²) in [6.07, 6.45) is 4.15. The fourth-order valence-electron chi connectivity index (χ4n) is 3.03. The van der Waals surface area contributed by atoms with Gasteiger partial charge in [0.05, 0.1) is 0 Å². The number of esters is 2. The third-order valence-electron chi connectivity index (χ3n) is 4.12. The van der Waals surface area contributed by atoms with E-state index in [0.29, 0.717) is 4.82 Å². The maximum absolute atomic E-state index is 12.1. The minimum atomic E-state index is -0.786. The fourth-order valence-corrected chi connectivity index (χ4v) is 6.00. The van der Waals surface area contributed by atoms with Crippen molar-refractivity contribution in [3.8, 4) is 0 Å². The standard InChI is InChI=1S/C17H22O4Se/c1-20-16(18)15(17(19)21-2)13-10-6-7-11-14(13)22-12-8-4-3-5-9-12/h3-5,8-9,13-15H,6-7,10-11H2,1-2H3/t13-,14+/m0/s1. The molecule has 1 aliphatic carbocycles. The third-order valence-corrected chi connectivity index (χ3v) is 7.13. The molecule has 0 bridgehead atoms. The SMILES string of the molecule is COC(=O)C(C(=O)OC)[C@H]1CCCC[C@H]1[Se]c1ccccc1. The molecule has 1 aromatic rings. The van der Waals surface area contributed by atoms with Gasteiger partial charge in [0.2, 0.25) is 0 Å². The summed E-state index contributed by atoms with van der Waals surface area (Å²) in [6.45, 7) is 0. The predicted octanol–water partition coefficient (Wildman–Crippen LogP) is 1.96. The van der Waals surface area contributed by atoms with Crippen molar-refractivity contribution in [2.24, 2.45) is 11.8 Å². The van der Waals surface area contributed by atoms with Gasteiger partial charge in [-0.3, -0.25) is 0 Å². The second-order valence-electron chi connectivity index (χ2n) is 5.44. The van der Waals surface area contributed by atoms with E-state index in [1.54, 1.807) is 0 Å². The number of ether oxygens (including phenoxy) is 2. The third kappa shape index (κ3) is 4.11. The van der Waals surface area contributed by atoms with Crippen LogP contribution in [0.2, 0.25) is 4.82 Å². The van der Waals surface area contributed by atoms with Crippen LogP contribution in [0.5, 0.6) is 0 Å². The average molecular weight is 369 g/mol. The van der Waals surface area contributed by atoms with Crippen LogP contribution >= 0.6 is 0 Å². The second kappa shape index (κ2) is 8.35. The van der Waals surface area contributed by atoms with Gasteiger partial charge < -0.3 is 0 Å². The van der Waals surface area contributed by atoms with Crippen molar-refractivity contribution in [3.05, 3.63) is 30.3 Å². The zero-order chi connectivity index (χ0) is 15.9. The van der Waals surface area contributed by atoms with E-state index < -0.39 is 17.9 Å². The Morgan fingerprint density at radius 3 is 2.23 bits per heavy atom. The van der Waals surface area contributed by atoms with Crippen LogP contribution in [0.15, 0.2) is 30.3 Å². The zero-order valence-electron chi connectivity index (χ0n) is 13.0. The van der Waals surface area contributed by atoms with Gasteiger partial charge in [0.15, 0.2) is 0 Å². The monoisotopic (exact) mass is 370 g/mol. The molecule has 1 aromatic carbocycles. The van der Waals surface area contributed by atoms with Crippen LogP contribution in [0.3, 0.4) is 0 Å². The Hall–Kier alpha value is -1.32. The van der Waals surface area contributed by atoms with Gasteiger partial charge >= 0.3 is 137 Å². The second-order valence-corrected chi connectivity index (χ2v) is 8.20. The van der Waals surface area contributed by atoms with Crippen molar-refractivity contribution < 1.29 is 19.1 Å². The number of carbonyl (C=O) groups is 2. The summed E-state index contributed by atoms with van der Waals surface area (Å²) in [5, 5.41) is 0. The van der Waals surface area contributed by atoms with E-state index in [1.165, 1.54) is 18.7 Å². The Morgan fingerprint density at radius 1 is 1.05 bits per heavy atom. The molecule has 0 N–H and O–H groups in total. The molecule has 5 heteroatoms. The van der Waals surface area contributed by atoms with E-state index in [-0.39, 0.29) is 20.9 Å². The summed E-state index contributed by atoms with van der Waals surface area (Å²) in [5.41, 5.74) is 0. The van der Waals surface area contributed by atoms with E-state index in [2.05, 4.69) is 12.1 Å². The van der Waals surface area contributed by atoms with Gasteiger partial charge in [0.25, 0.3) is 0 Å². The number of rotatable bonds is 5. The van der Waals surface area contributed by atoms with Crippen LogP contribution in [0.1, 0.15) is 25.7 Å². The van der Waals surface area contributed by atoms with Crippen LogP contribution < -0.4 is 4.46 Å². The van der Waals surface area contributed by atoms with E-state index in [4.69, 9.17) is 9.47 Å². The van der Waals surface area contributed by atoms with Crippen LogP contribution in [-0.4, -0.2) is 41.1 Å². The molecule has 1 aliphatic rings. The van der Waals surface area contributed by atoms with Crippen molar-refractivity contribution >= 4 is 31.4 Å². The molecule has 0 unspecified atom stereocenters. The summed E-state index contributed by atoms with van der Waals surface area (Å²) in [7, 11) is 2.66. The molecule has 1 saturated carbocycles. The van der Waals surface area contributed by atoms with E-state index >= 15 is 0 Å². The summed E-state index contributed by atoms with van der Waals surface area (Å²) < 4.78 is 11.0. The normalized spacial score (nSPS) is 21.4. The average Bonchev–Trinajstić information content (AvgIpc) is 2.57. The zero-order valence-corrected chi connectivity index (χ0v) is 14.7. The van der Waals surface area contributed by atoms with Gasteiger partial charge in [-0.05, 0) is 0 Å².